The lowest BCUT2D eigenvalue weighted by molar-refractivity contribution is -0.384. The molecule has 2 amide bonds. The van der Waals surface area contributed by atoms with Gasteiger partial charge in [-0.2, -0.15) is 0 Å². The molecule has 1 aliphatic heterocycles. The molecule has 0 saturated carbocycles. The Kier molecular flexibility index (Phi) is 6.76. The molecular weight excluding hydrogens is 364 g/mol. The van der Waals surface area contributed by atoms with Crippen LogP contribution in [0.2, 0.25) is 5.02 Å². The Labute approximate surface area is 156 Å². The van der Waals surface area contributed by atoms with E-state index in [0.717, 1.165) is 0 Å². The van der Waals surface area contributed by atoms with Crippen LogP contribution in [-0.4, -0.2) is 65.6 Å². The number of nitro groups is 1. The lowest BCUT2D eigenvalue weighted by Crippen LogP contribution is -2.54. The van der Waals surface area contributed by atoms with E-state index in [-0.39, 0.29) is 28.4 Å². The highest BCUT2D eigenvalue weighted by Gasteiger charge is 2.28. The molecule has 2 rings (SSSR count). The minimum Gasteiger partial charge on any atom is -0.450 e. The van der Waals surface area contributed by atoms with Crippen molar-refractivity contribution >= 4 is 35.0 Å². The van der Waals surface area contributed by atoms with Crippen LogP contribution in [0.1, 0.15) is 13.8 Å². The second-order valence-corrected chi connectivity index (χ2v) is 6.22. The summed E-state index contributed by atoms with van der Waals surface area (Å²) in [5, 5.41) is 13.7. The maximum absolute atomic E-state index is 12.5. The molecule has 1 N–H and O–H groups in total. The number of carbonyl (C=O) groups is 2. The molecule has 10 heteroatoms. The standard InChI is InChI=1S/C16H21ClN4O5/c1-3-26-16(23)20-8-6-19(7-9-20)11(2)15(22)18-14-10-12(21(24)25)4-5-13(14)17/h4-5,10-11H,3,6-9H2,1-2H3,(H,18,22)/t11-/m1/s1. The first-order chi connectivity index (χ1) is 12.3. The van der Waals surface area contributed by atoms with E-state index < -0.39 is 11.0 Å². The molecular formula is C16H21ClN4O5. The Hall–Kier alpha value is -2.39. The Morgan fingerprint density at radius 2 is 2.00 bits per heavy atom. The summed E-state index contributed by atoms with van der Waals surface area (Å²) in [7, 11) is 0. The third kappa shape index (κ3) is 4.83. The highest BCUT2D eigenvalue weighted by molar-refractivity contribution is 6.33. The number of halogens is 1. The van der Waals surface area contributed by atoms with Crippen molar-refractivity contribution in [1.82, 2.24) is 9.80 Å². The first-order valence-electron chi connectivity index (χ1n) is 8.24. The molecule has 26 heavy (non-hydrogen) atoms. The van der Waals surface area contributed by atoms with E-state index in [0.29, 0.717) is 32.8 Å². The van der Waals surface area contributed by atoms with Crippen LogP contribution in [0.25, 0.3) is 0 Å². The van der Waals surface area contributed by atoms with Crippen LogP contribution in [0.3, 0.4) is 0 Å². The molecule has 1 aromatic rings. The maximum Gasteiger partial charge on any atom is 0.409 e. The van der Waals surface area contributed by atoms with Crippen molar-refractivity contribution in [2.45, 2.75) is 19.9 Å². The van der Waals surface area contributed by atoms with Crippen molar-refractivity contribution < 1.29 is 19.2 Å². The van der Waals surface area contributed by atoms with Crippen LogP contribution < -0.4 is 5.32 Å². The normalized spacial score (nSPS) is 16.0. The number of nitro benzene ring substituents is 1. The first kappa shape index (κ1) is 19.9. The Balaban J connectivity index is 1.95. The third-order valence-corrected chi connectivity index (χ3v) is 4.52. The Morgan fingerprint density at radius 1 is 1.35 bits per heavy atom. The van der Waals surface area contributed by atoms with Gasteiger partial charge in [-0.25, -0.2) is 4.79 Å². The molecule has 0 aliphatic carbocycles. The molecule has 1 fully saturated rings. The van der Waals surface area contributed by atoms with E-state index in [4.69, 9.17) is 16.3 Å². The summed E-state index contributed by atoms with van der Waals surface area (Å²) in [5.41, 5.74) is 0.0447. The van der Waals surface area contributed by atoms with E-state index in [1.165, 1.54) is 18.2 Å². The monoisotopic (exact) mass is 384 g/mol. The fourth-order valence-corrected chi connectivity index (χ4v) is 2.80. The minimum atomic E-state index is -0.552. The highest BCUT2D eigenvalue weighted by atomic mass is 35.5. The van der Waals surface area contributed by atoms with Crippen molar-refractivity contribution in [3.05, 3.63) is 33.3 Å². The molecule has 0 unspecified atom stereocenters. The molecule has 142 valence electrons. The van der Waals surface area contributed by atoms with Crippen molar-refractivity contribution in [2.24, 2.45) is 0 Å². The summed E-state index contributed by atoms with van der Waals surface area (Å²) >= 11 is 6.01. The molecule has 0 aromatic heterocycles. The van der Waals surface area contributed by atoms with Gasteiger partial charge in [-0.1, -0.05) is 11.6 Å². The number of piperazine rings is 1. The number of nitrogens with zero attached hydrogens (tertiary/aromatic N) is 3. The molecule has 1 heterocycles. The number of hydrogen-bond acceptors (Lipinski definition) is 6. The summed E-state index contributed by atoms with van der Waals surface area (Å²) in [6.07, 6.45) is -0.354. The molecule has 1 aliphatic rings. The average Bonchev–Trinajstić information content (AvgIpc) is 2.63. The number of rotatable bonds is 5. The number of non-ortho nitro benzene ring substituents is 1. The lowest BCUT2D eigenvalue weighted by Gasteiger charge is -2.36. The average molecular weight is 385 g/mol. The van der Waals surface area contributed by atoms with Crippen LogP contribution in [0.5, 0.6) is 0 Å². The van der Waals surface area contributed by atoms with E-state index in [2.05, 4.69) is 5.32 Å². The molecule has 0 radical (unpaired) electrons. The molecule has 0 spiro atoms. The van der Waals surface area contributed by atoms with Crippen LogP contribution >= 0.6 is 11.6 Å². The number of ether oxygens (including phenoxy) is 1. The summed E-state index contributed by atoms with van der Waals surface area (Å²) in [6, 6.07) is 3.40. The fraction of sp³-hybridized carbons (Fsp3) is 0.500. The van der Waals surface area contributed by atoms with E-state index in [9.17, 15) is 19.7 Å². The van der Waals surface area contributed by atoms with Gasteiger partial charge in [-0.3, -0.25) is 19.8 Å². The van der Waals surface area contributed by atoms with Crippen LogP contribution in [0, 0.1) is 10.1 Å². The van der Waals surface area contributed by atoms with Gasteiger partial charge in [0.1, 0.15) is 0 Å². The number of benzene rings is 1. The Bertz CT molecular complexity index is 691. The summed E-state index contributed by atoms with van der Waals surface area (Å²) in [6.45, 7) is 5.79. The number of nitrogens with one attached hydrogen (secondary N) is 1. The SMILES string of the molecule is CCOC(=O)N1CCN([C@H](C)C(=O)Nc2cc([N+](=O)[O-])ccc2Cl)CC1. The second kappa shape index (κ2) is 8.81. The third-order valence-electron chi connectivity index (χ3n) is 4.19. The van der Waals surface area contributed by atoms with E-state index in [1.807, 2.05) is 4.90 Å². The summed E-state index contributed by atoms with van der Waals surface area (Å²) in [4.78, 5) is 38.0. The van der Waals surface area contributed by atoms with Crippen molar-refractivity contribution in [3.8, 4) is 0 Å². The number of carbonyl (C=O) groups excluding carboxylic acids is 2. The van der Waals surface area contributed by atoms with Gasteiger partial charge < -0.3 is 15.0 Å². The predicted molar refractivity (Wildman–Crippen MR) is 96.4 cm³/mol. The van der Waals surface area contributed by atoms with E-state index >= 15 is 0 Å². The number of anilines is 1. The second-order valence-electron chi connectivity index (χ2n) is 5.81. The zero-order chi connectivity index (χ0) is 19.3. The van der Waals surface area contributed by atoms with Crippen LogP contribution in [-0.2, 0) is 9.53 Å². The zero-order valence-corrected chi connectivity index (χ0v) is 15.4. The minimum absolute atomic E-state index is 0.152. The maximum atomic E-state index is 12.5. The largest absolute Gasteiger partial charge is 0.450 e. The highest BCUT2D eigenvalue weighted by Crippen LogP contribution is 2.27. The van der Waals surface area contributed by atoms with Gasteiger partial charge in [0.25, 0.3) is 5.69 Å². The fourth-order valence-electron chi connectivity index (χ4n) is 2.63. The quantitative estimate of drug-likeness (QED) is 0.617. The molecule has 9 nitrogen and oxygen atoms in total. The summed E-state index contributed by atoms with van der Waals surface area (Å²) in [5.74, 6) is -0.322. The molecule has 1 saturated heterocycles. The Morgan fingerprint density at radius 3 is 2.58 bits per heavy atom. The van der Waals surface area contributed by atoms with Gasteiger partial charge in [0.2, 0.25) is 5.91 Å². The lowest BCUT2D eigenvalue weighted by atomic mass is 10.2. The smallest absolute Gasteiger partial charge is 0.409 e. The van der Waals surface area contributed by atoms with Crippen molar-refractivity contribution in [3.63, 3.8) is 0 Å². The number of amides is 2. The van der Waals surface area contributed by atoms with Gasteiger partial charge in [-0.05, 0) is 19.9 Å². The van der Waals surface area contributed by atoms with Gasteiger partial charge in [0, 0.05) is 38.3 Å². The van der Waals surface area contributed by atoms with Crippen LogP contribution in [0.15, 0.2) is 18.2 Å². The zero-order valence-electron chi connectivity index (χ0n) is 14.6. The van der Waals surface area contributed by atoms with Gasteiger partial charge in [0.15, 0.2) is 0 Å². The van der Waals surface area contributed by atoms with E-state index in [1.54, 1.807) is 18.7 Å². The molecule has 0 bridgehead atoms. The first-order valence-corrected chi connectivity index (χ1v) is 8.61. The summed E-state index contributed by atoms with van der Waals surface area (Å²) < 4.78 is 4.97. The van der Waals surface area contributed by atoms with Gasteiger partial charge >= 0.3 is 6.09 Å². The van der Waals surface area contributed by atoms with Gasteiger partial charge in [0.05, 0.1) is 28.3 Å². The number of hydrogen-bond donors (Lipinski definition) is 1. The van der Waals surface area contributed by atoms with Crippen molar-refractivity contribution in [2.75, 3.05) is 38.1 Å². The topological polar surface area (TPSA) is 105 Å². The molecule has 1 atom stereocenters. The van der Waals surface area contributed by atoms with Crippen molar-refractivity contribution in [1.29, 1.82) is 0 Å². The van der Waals surface area contributed by atoms with Crippen LogP contribution in [0.4, 0.5) is 16.2 Å². The predicted octanol–water partition coefficient (Wildman–Crippen LogP) is 2.35. The molecule has 1 aromatic carbocycles. The van der Waals surface area contributed by atoms with Gasteiger partial charge in [-0.15, -0.1) is 0 Å².